The van der Waals surface area contributed by atoms with Crippen molar-refractivity contribution in [3.63, 3.8) is 0 Å². The minimum absolute atomic E-state index is 0.0133. The van der Waals surface area contributed by atoms with Crippen LogP contribution in [0.3, 0.4) is 0 Å². The molecular formula is C50H42BN5. The van der Waals surface area contributed by atoms with Crippen LogP contribution in [0.2, 0.25) is 0 Å². The first-order valence-electron chi connectivity index (χ1n) is 20.1. The van der Waals surface area contributed by atoms with E-state index in [9.17, 15) is 0 Å². The molecule has 2 aliphatic rings. The minimum Gasteiger partial charge on any atom is -0.281 e. The molecule has 1 aliphatic carbocycles. The van der Waals surface area contributed by atoms with Crippen LogP contribution in [-0.4, -0.2) is 30.6 Å². The van der Waals surface area contributed by atoms with Gasteiger partial charge in [-0.25, -0.2) is 9.97 Å². The molecule has 0 spiro atoms. The number of aromatic nitrogens is 5. The van der Waals surface area contributed by atoms with Gasteiger partial charge in [-0.05, 0) is 112 Å². The topological polar surface area (TPSA) is 48.0 Å². The van der Waals surface area contributed by atoms with Gasteiger partial charge in [0.15, 0.2) is 11.3 Å². The van der Waals surface area contributed by atoms with Crippen molar-refractivity contribution in [2.24, 2.45) is 0 Å². The monoisotopic (exact) mass is 723 g/mol. The first kappa shape index (κ1) is 32.3. The Bertz CT molecular complexity index is 3380. The van der Waals surface area contributed by atoms with Crippen LogP contribution in [0, 0.1) is 27.7 Å². The average Bonchev–Trinajstić information content (AvgIpc) is 3.80. The van der Waals surface area contributed by atoms with Gasteiger partial charge in [-0.2, -0.15) is 4.98 Å². The number of imidazole rings is 1. The summed E-state index contributed by atoms with van der Waals surface area (Å²) < 4.78 is 4.78. The lowest BCUT2D eigenvalue weighted by Gasteiger charge is -2.31. The fourth-order valence-corrected chi connectivity index (χ4v) is 11.5. The predicted octanol–water partition coefficient (Wildman–Crippen LogP) is 9.81. The van der Waals surface area contributed by atoms with Gasteiger partial charge in [-0.3, -0.25) is 8.97 Å². The maximum Gasteiger partial charge on any atom is 0.247 e. The van der Waals surface area contributed by atoms with E-state index in [0.29, 0.717) is 5.65 Å². The molecule has 4 heterocycles. The van der Waals surface area contributed by atoms with Crippen molar-refractivity contribution in [2.45, 2.75) is 72.6 Å². The molecule has 0 bridgehead atoms. The summed E-state index contributed by atoms with van der Waals surface area (Å²) in [7, 11) is 0. The van der Waals surface area contributed by atoms with E-state index < -0.39 is 0 Å². The summed E-state index contributed by atoms with van der Waals surface area (Å²) in [6.07, 6.45) is 1.00. The van der Waals surface area contributed by atoms with Crippen LogP contribution in [0.5, 0.6) is 0 Å². The molecule has 56 heavy (non-hydrogen) atoms. The summed E-state index contributed by atoms with van der Waals surface area (Å²) >= 11 is 0. The molecule has 0 saturated carbocycles. The summed E-state index contributed by atoms with van der Waals surface area (Å²) in [5.74, 6) is 0.855. The largest absolute Gasteiger partial charge is 0.281 e. The van der Waals surface area contributed by atoms with Crippen molar-refractivity contribution < 1.29 is 0 Å². The highest BCUT2D eigenvalue weighted by Crippen LogP contribution is 2.50. The Hall–Kier alpha value is -6.01. The van der Waals surface area contributed by atoms with Crippen LogP contribution in [0.1, 0.15) is 67.8 Å². The van der Waals surface area contributed by atoms with Gasteiger partial charge in [0, 0.05) is 27.3 Å². The molecule has 0 N–H and O–H groups in total. The van der Waals surface area contributed by atoms with E-state index in [1.807, 2.05) is 0 Å². The van der Waals surface area contributed by atoms with Crippen LogP contribution in [-0.2, 0) is 10.8 Å². The Morgan fingerprint density at radius 1 is 0.571 bits per heavy atom. The third-order valence-electron chi connectivity index (χ3n) is 14.0. The molecule has 6 heteroatoms. The Balaban J connectivity index is 1.34. The van der Waals surface area contributed by atoms with Crippen molar-refractivity contribution >= 4 is 83.5 Å². The van der Waals surface area contributed by atoms with E-state index in [1.165, 1.54) is 87.6 Å². The molecule has 3 aromatic heterocycles. The van der Waals surface area contributed by atoms with Gasteiger partial charge in [0.25, 0.3) is 0 Å². The van der Waals surface area contributed by atoms with Crippen LogP contribution < -0.4 is 16.4 Å². The second kappa shape index (κ2) is 10.4. The maximum absolute atomic E-state index is 5.57. The Morgan fingerprint density at radius 3 is 1.96 bits per heavy atom. The smallest absolute Gasteiger partial charge is 0.247 e. The van der Waals surface area contributed by atoms with Gasteiger partial charge in [0.05, 0.1) is 22.4 Å². The second-order valence-electron chi connectivity index (χ2n) is 18.0. The zero-order chi connectivity index (χ0) is 38.2. The lowest BCUT2D eigenvalue weighted by Crippen LogP contribution is -2.56. The Labute approximate surface area is 326 Å². The average molecular weight is 724 g/mol. The molecule has 10 aromatic rings. The molecule has 0 unspecified atom stereocenters. The zero-order valence-electron chi connectivity index (χ0n) is 33.3. The molecule has 0 radical (unpaired) electrons. The second-order valence-corrected chi connectivity index (χ2v) is 18.0. The Kier molecular flexibility index (Phi) is 6.01. The van der Waals surface area contributed by atoms with Crippen molar-refractivity contribution in [1.82, 2.24) is 23.9 Å². The van der Waals surface area contributed by atoms with Crippen molar-refractivity contribution in [3.05, 3.63) is 131 Å². The number of nitrogens with zero attached hydrogens (tertiary/aromatic N) is 5. The van der Waals surface area contributed by atoms with E-state index >= 15 is 0 Å². The van der Waals surface area contributed by atoms with Crippen LogP contribution in [0.15, 0.2) is 97.1 Å². The molecule has 1 aliphatic heterocycles. The SMILES string of the molecule is Cc1c(C)c(C)c2c3cc4c5c6c3c(ccc6n3c6nc7c(nc6nc3n5-c3ccccc3B4c3ccccc3-c3ccccc3)C(C)(C)CC7(C)C)c2c1C. The van der Waals surface area contributed by atoms with Gasteiger partial charge in [-0.15, -0.1) is 0 Å². The summed E-state index contributed by atoms with van der Waals surface area (Å²) in [6.45, 7) is 18.5. The molecule has 12 rings (SSSR count). The fraction of sp³-hybridized carbons (Fsp3) is 0.220. The van der Waals surface area contributed by atoms with Crippen LogP contribution in [0.4, 0.5) is 0 Å². The number of hydrogen-bond acceptors (Lipinski definition) is 3. The number of hydrogen-bond donors (Lipinski definition) is 0. The third-order valence-corrected chi connectivity index (χ3v) is 14.0. The highest BCUT2D eigenvalue weighted by molar-refractivity contribution is 6.99. The highest BCUT2D eigenvalue weighted by Gasteiger charge is 2.46. The quantitative estimate of drug-likeness (QED) is 0.167. The Morgan fingerprint density at radius 2 is 1.21 bits per heavy atom. The van der Waals surface area contributed by atoms with Crippen molar-refractivity contribution in [3.8, 4) is 16.8 Å². The lowest BCUT2D eigenvalue weighted by molar-refractivity contribution is 0.396. The van der Waals surface area contributed by atoms with Crippen LogP contribution in [0.25, 0.3) is 77.2 Å². The van der Waals surface area contributed by atoms with Gasteiger partial charge in [0.1, 0.15) is 0 Å². The molecule has 0 saturated heterocycles. The summed E-state index contributed by atoms with van der Waals surface area (Å²) in [5, 5.41) is 8.01. The number of aryl methyl sites for hydroxylation is 2. The molecule has 0 fully saturated rings. The minimum atomic E-state index is -0.0940. The van der Waals surface area contributed by atoms with Gasteiger partial charge in [-0.1, -0.05) is 118 Å². The van der Waals surface area contributed by atoms with Gasteiger partial charge >= 0.3 is 0 Å². The van der Waals surface area contributed by atoms with E-state index in [-0.39, 0.29) is 17.5 Å². The fourth-order valence-electron chi connectivity index (χ4n) is 11.5. The highest BCUT2D eigenvalue weighted by atomic mass is 15.2. The molecular weight excluding hydrogens is 681 g/mol. The molecule has 0 amide bonds. The summed E-state index contributed by atoms with van der Waals surface area (Å²) in [4.78, 5) is 16.5. The normalized spacial score (nSPS) is 15.7. The third kappa shape index (κ3) is 3.80. The summed E-state index contributed by atoms with van der Waals surface area (Å²) in [5.41, 5.74) is 18.9. The van der Waals surface area contributed by atoms with E-state index in [0.717, 1.165) is 40.4 Å². The predicted molar refractivity (Wildman–Crippen MR) is 235 cm³/mol. The summed E-state index contributed by atoms with van der Waals surface area (Å²) in [6, 6.07) is 36.2. The van der Waals surface area contributed by atoms with Crippen molar-refractivity contribution in [2.75, 3.05) is 0 Å². The molecule has 0 atom stereocenters. The number of benzene rings is 6. The standard InChI is InChI=1S/C50H42BN5/c1-26-27(2)29(4)40-33-24-36-43-42-38(23-22-32(41(33)42)39(40)28(26)3)56-47-46(52-44-45(53-47)50(7,8)25-49(44,5)6)54-48(56)55(43)37-21-15-14-20-35(37)51(36)34-19-13-12-18-31(34)30-16-10-9-11-17-30/h9-24H,25H2,1-8H3. The van der Waals surface area contributed by atoms with E-state index in [2.05, 4.69) is 161 Å². The van der Waals surface area contributed by atoms with Gasteiger partial charge in [0.2, 0.25) is 12.5 Å². The number of para-hydroxylation sites is 1. The van der Waals surface area contributed by atoms with Crippen LogP contribution >= 0.6 is 0 Å². The van der Waals surface area contributed by atoms with Gasteiger partial charge < -0.3 is 0 Å². The first-order chi connectivity index (χ1) is 27.0. The molecule has 270 valence electrons. The maximum atomic E-state index is 5.57. The first-order valence-corrected chi connectivity index (χ1v) is 20.1. The van der Waals surface area contributed by atoms with Crippen molar-refractivity contribution in [1.29, 1.82) is 0 Å². The lowest BCUT2D eigenvalue weighted by atomic mass is 9.34. The molecule has 5 nitrogen and oxygen atoms in total. The van der Waals surface area contributed by atoms with E-state index in [4.69, 9.17) is 15.0 Å². The molecule has 7 aromatic carbocycles. The van der Waals surface area contributed by atoms with E-state index in [1.54, 1.807) is 0 Å². The number of rotatable bonds is 2. The zero-order valence-corrected chi connectivity index (χ0v) is 33.3. The number of fused-ring (bicyclic) bond motifs is 11.